The molecule has 2 aliphatic carbocycles. The highest BCUT2D eigenvalue weighted by Crippen LogP contribution is 2.32. The molecule has 1 heterocycles. The molecule has 3 aliphatic rings. The van der Waals surface area contributed by atoms with Gasteiger partial charge in [0.2, 0.25) is 11.8 Å². The molecule has 4 N–H and O–H groups in total. The van der Waals surface area contributed by atoms with Gasteiger partial charge in [-0.15, -0.1) is 0 Å². The summed E-state index contributed by atoms with van der Waals surface area (Å²) >= 11 is 0. The van der Waals surface area contributed by atoms with Crippen molar-refractivity contribution in [2.45, 2.75) is 133 Å². The Bertz CT molecular complexity index is 1660. The number of sulfone groups is 1. The highest BCUT2D eigenvalue weighted by molar-refractivity contribution is 7.92. The third-order valence-electron chi connectivity index (χ3n) is 11.8. The largest absolute Gasteiger partial charge is 0.461 e. The van der Waals surface area contributed by atoms with E-state index in [2.05, 4.69) is 10.6 Å². The molecular formula is C42H63N3O9S. The van der Waals surface area contributed by atoms with Crippen LogP contribution in [-0.2, 0) is 40.1 Å². The first-order valence-electron chi connectivity index (χ1n) is 20.6. The lowest BCUT2D eigenvalue weighted by Gasteiger charge is -2.35. The molecule has 1 saturated heterocycles. The van der Waals surface area contributed by atoms with E-state index in [1.165, 1.54) is 6.92 Å². The molecule has 306 valence electrons. The minimum Gasteiger partial charge on any atom is -0.461 e. The predicted molar refractivity (Wildman–Crippen MR) is 212 cm³/mol. The molecule has 12 nitrogen and oxygen atoms in total. The summed E-state index contributed by atoms with van der Waals surface area (Å²) in [4.78, 5) is 42.6. The van der Waals surface area contributed by atoms with Gasteiger partial charge in [0, 0.05) is 26.6 Å². The van der Waals surface area contributed by atoms with E-state index in [9.17, 15) is 33.0 Å². The van der Waals surface area contributed by atoms with Crippen molar-refractivity contribution in [2.75, 3.05) is 38.6 Å². The topological polar surface area (TPSA) is 172 Å². The van der Waals surface area contributed by atoms with E-state index in [-0.39, 0.29) is 18.9 Å². The second-order valence-corrected chi connectivity index (χ2v) is 18.3. The molecule has 2 unspecified atom stereocenters. The highest BCUT2D eigenvalue weighted by atomic mass is 32.2. The van der Waals surface area contributed by atoms with Gasteiger partial charge in [0.05, 0.1) is 42.3 Å². The number of unbranched alkanes of at least 4 members (excludes halogenated alkanes) is 1. The van der Waals surface area contributed by atoms with Crippen molar-refractivity contribution in [1.29, 1.82) is 0 Å². The number of rotatable bonds is 19. The van der Waals surface area contributed by atoms with Gasteiger partial charge in [0.25, 0.3) is 0 Å². The van der Waals surface area contributed by atoms with Crippen LogP contribution in [0.15, 0.2) is 42.5 Å². The summed E-state index contributed by atoms with van der Waals surface area (Å²) < 4.78 is 39.0. The Morgan fingerprint density at radius 1 is 0.927 bits per heavy atom. The van der Waals surface area contributed by atoms with Crippen molar-refractivity contribution >= 4 is 38.4 Å². The van der Waals surface area contributed by atoms with E-state index in [4.69, 9.17) is 9.47 Å². The van der Waals surface area contributed by atoms with E-state index in [1.807, 2.05) is 54.3 Å². The molecule has 2 aromatic rings. The zero-order valence-electron chi connectivity index (χ0n) is 32.7. The van der Waals surface area contributed by atoms with Crippen molar-refractivity contribution in [1.82, 2.24) is 15.5 Å². The molecule has 1 aliphatic heterocycles. The average Bonchev–Trinajstić information content (AvgIpc) is 3.65. The quantitative estimate of drug-likeness (QED) is 0.152. The van der Waals surface area contributed by atoms with Gasteiger partial charge in [-0.25, -0.2) is 8.42 Å². The first-order valence-corrected chi connectivity index (χ1v) is 22.3. The summed E-state index contributed by atoms with van der Waals surface area (Å²) in [5.41, 5.74) is 0.816. The molecule has 0 spiro atoms. The van der Waals surface area contributed by atoms with E-state index >= 15 is 0 Å². The van der Waals surface area contributed by atoms with Crippen LogP contribution in [0.2, 0.25) is 0 Å². The zero-order chi connectivity index (χ0) is 39.4. The molecule has 13 heteroatoms. The maximum absolute atomic E-state index is 14.4. The fourth-order valence-corrected chi connectivity index (χ4v) is 11.0. The van der Waals surface area contributed by atoms with Crippen LogP contribution in [0.25, 0.3) is 10.8 Å². The Morgan fingerprint density at radius 2 is 1.65 bits per heavy atom. The Labute approximate surface area is 327 Å². The number of hydrogen-bond donors (Lipinski definition) is 4. The van der Waals surface area contributed by atoms with E-state index in [0.717, 1.165) is 54.9 Å². The van der Waals surface area contributed by atoms with Crippen molar-refractivity contribution in [3.05, 3.63) is 48.0 Å². The normalized spacial score (nSPS) is 22.7. The number of benzene rings is 2. The maximum atomic E-state index is 14.4. The van der Waals surface area contributed by atoms with Crippen LogP contribution in [0, 0.1) is 11.8 Å². The second-order valence-electron chi connectivity index (χ2n) is 16.0. The lowest BCUT2D eigenvalue weighted by Crippen LogP contribution is -2.57. The number of β-amino-alcohol motifs (C(OH)–C–C–N with tert-alkyl or cyclic N) is 1. The van der Waals surface area contributed by atoms with Crippen molar-refractivity contribution < 1.29 is 42.5 Å². The van der Waals surface area contributed by atoms with E-state index in [0.29, 0.717) is 64.8 Å². The van der Waals surface area contributed by atoms with Crippen LogP contribution in [-0.4, -0.2) is 116 Å². The molecule has 3 fully saturated rings. The van der Waals surface area contributed by atoms with Crippen molar-refractivity contribution in [2.24, 2.45) is 11.8 Å². The maximum Gasteiger partial charge on any atom is 0.302 e. The Balaban J connectivity index is 1.38. The predicted octanol–water partition coefficient (Wildman–Crippen LogP) is 4.08. The summed E-state index contributed by atoms with van der Waals surface area (Å²) in [5, 5.41) is 29.8. The first kappa shape index (κ1) is 43.0. The Hall–Kier alpha value is -3.10. The highest BCUT2D eigenvalue weighted by Gasteiger charge is 2.42. The number of carbonyl (C=O) groups excluding carboxylic acids is 3. The van der Waals surface area contributed by atoms with Crippen LogP contribution < -0.4 is 10.6 Å². The molecule has 0 aromatic heterocycles. The fraction of sp³-hybridized carbons (Fsp3) is 0.690. The third-order valence-corrected chi connectivity index (χ3v) is 14.1. The van der Waals surface area contributed by atoms with Crippen LogP contribution in [0.3, 0.4) is 0 Å². The number of nitrogens with zero attached hydrogens (tertiary/aromatic N) is 1. The second kappa shape index (κ2) is 20.9. The lowest BCUT2D eigenvalue weighted by molar-refractivity contribution is -0.145. The van der Waals surface area contributed by atoms with Crippen LogP contribution in [0.4, 0.5) is 0 Å². The third kappa shape index (κ3) is 12.4. The van der Waals surface area contributed by atoms with E-state index in [1.54, 1.807) is 0 Å². The molecule has 7 atom stereocenters. The van der Waals surface area contributed by atoms with Gasteiger partial charge < -0.3 is 30.3 Å². The summed E-state index contributed by atoms with van der Waals surface area (Å²) in [5.74, 6) is -2.77. The standard InChI is InChI=1S/C42H63N3O9S/c1-3-4-18-35(42(50)44-36(25-30-12-6-5-7-13-30)40(48)37(47)27-45-21-23-53-24-22-45)43-41(49)33(26-32-16-10-15-31-14-8-9-17-34(31)32)28-55(51,52)39-20-11-19-38(39)54-29(2)46/h8-10,14-17,30,33,35-40,47-48H,3-7,11-13,18-28H2,1-2H3,(H,43,49)(H,44,50)/t33-,35+,36+,37+,38?,39?,40-/m1/s1. The number of nitrogens with one attached hydrogen (secondary N) is 2. The number of hydrogen-bond acceptors (Lipinski definition) is 10. The smallest absolute Gasteiger partial charge is 0.302 e. The number of amides is 2. The number of aliphatic hydroxyl groups is 2. The van der Waals surface area contributed by atoms with Gasteiger partial charge >= 0.3 is 5.97 Å². The number of carbonyl (C=O) groups is 3. The minimum atomic E-state index is -3.93. The lowest BCUT2D eigenvalue weighted by atomic mass is 9.83. The molecule has 5 rings (SSSR count). The average molecular weight is 786 g/mol. The Morgan fingerprint density at radius 3 is 2.38 bits per heavy atom. The van der Waals surface area contributed by atoms with Crippen LogP contribution >= 0.6 is 0 Å². The Kier molecular flexibility index (Phi) is 16.3. The number of fused-ring (bicyclic) bond motifs is 1. The number of ether oxygens (including phenoxy) is 2. The number of aliphatic hydroxyl groups excluding tert-OH is 2. The van der Waals surface area contributed by atoms with Crippen LogP contribution in [0.1, 0.15) is 96.5 Å². The van der Waals surface area contributed by atoms with Crippen molar-refractivity contribution in [3.8, 4) is 0 Å². The fourth-order valence-electron chi connectivity index (χ4n) is 8.76. The summed E-state index contributed by atoms with van der Waals surface area (Å²) in [6.45, 7) is 5.92. The monoisotopic (exact) mass is 785 g/mol. The summed E-state index contributed by atoms with van der Waals surface area (Å²) in [6, 6.07) is 11.8. The van der Waals surface area contributed by atoms with Gasteiger partial charge in [-0.2, -0.15) is 0 Å². The summed E-state index contributed by atoms with van der Waals surface area (Å²) in [6.07, 6.45) is 5.91. The molecular weight excluding hydrogens is 723 g/mol. The number of morpholine rings is 1. The molecule has 0 radical (unpaired) electrons. The zero-order valence-corrected chi connectivity index (χ0v) is 33.5. The van der Waals surface area contributed by atoms with Gasteiger partial charge in [0.1, 0.15) is 18.2 Å². The SMILES string of the molecule is CCCC[C@H](NC(=O)[C@H](Cc1cccc2ccccc12)CS(=O)(=O)C1CCCC1OC(C)=O)C(=O)N[C@@H](CC1CCCCC1)[C@@H](O)[C@@H](O)CN1CCOCC1. The molecule has 0 bridgehead atoms. The molecule has 55 heavy (non-hydrogen) atoms. The minimum absolute atomic E-state index is 0.121. The summed E-state index contributed by atoms with van der Waals surface area (Å²) in [7, 11) is -3.93. The number of esters is 1. The molecule has 2 aromatic carbocycles. The molecule has 2 amide bonds. The first-order chi connectivity index (χ1) is 26.4. The van der Waals surface area contributed by atoms with E-state index < -0.39 is 74.9 Å². The van der Waals surface area contributed by atoms with Gasteiger partial charge in [-0.05, 0) is 60.8 Å². The van der Waals surface area contributed by atoms with Gasteiger partial charge in [-0.3, -0.25) is 19.3 Å². The van der Waals surface area contributed by atoms with Crippen LogP contribution in [0.5, 0.6) is 0 Å². The molecule has 2 saturated carbocycles. The van der Waals surface area contributed by atoms with Crippen molar-refractivity contribution in [3.63, 3.8) is 0 Å². The van der Waals surface area contributed by atoms with Gasteiger partial charge in [0.15, 0.2) is 9.84 Å². The van der Waals surface area contributed by atoms with Gasteiger partial charge in [-0.1, -0.05) is 94.3 Å².